The summed E-state index contributed by atoms with van der Waals surface area (Å²) in [6.07, 6.45) is 10.1. The minimum Gasteiger partial charge on any atom is -0.310 e. The molecule has 0 bridgehead atoms. The zero-order valence-electron chi connectivity index (χ0n) is 11.7. The lowest BCUT2D eigenvalue weighted by molar-refractivity contribution is 0.301. The fraction of sp³-hybridized carbons (Fsp3) is 0.688. The Balaban J connectivity index is 2.63. The molecule has 1 aliphatic rings. The molecule has 1 rings (SSSR count). The van der Waals surface area contributed by atoms with Gasteiger partial charge >= 0.3 is 0 Å². The highest BCUT2D eigenvalue weighted by Crippen LogP contribution is 2.37. The van der Waals surface area contributed by atoms with Crippen LogP contribution in [0.1, 0.15) is 59.8 Å². The second-order valence-electron chi connectivity index (χ2n) is 5.81. The smallest absolute Gasteiger partial charge is 0.233 e. The van der Waals surface area contributed by atoms with Crippen LogP contribution in [-0.2, 0) is 0 Å². The molecule has 17 heavy (non-hydrogen) atoms. The van der Waals surface area contributed by atoms with E-state index in [0.29, 0.717) is 5.92 Å². The van der Waals surface area contributed by atoms with E-state index >= 15 is 0 Å². The Bertz CT molecular complexity index is 352. The van der Waals surface area contributed by atoms with E-state index in [-0.39, 0.29) is 5.54 Å². The maximum absolute atomic E-state index is 7.51. The molecule has 94 valence electrons. The fourth-order valence-corrected chi connectivity index (χ4v) is 2.53. The number of rotatable bonds is 4. The standard InChI is InChI=1S/C16H25N/c1-13(2)7-6-12-16(4,17-5)15-10-8-14(3)9-11-15/h7-8,15H,6,9-12H2,1-4H3/t15-,16-/m0/s1. The molecule has 0 unspecified atom stereocenters. The van der Waals surface area contributed by atoms with Crippen LogP contribution >= 0.6 is 0 Å². The van der Waals surface area contributed by atoms with Gasteiger partial charge in [-0.1, -0.05) is 23.3 Å². The molecule has 1 heteroatoms. The molecule has 1 aliphatic carbocycles. The highest BCUT2D eigenvalue weighted by atomic mass is 14.8. The molecule has 0 heterocycles. The van der Waals surface area contributed by atoms with Crippen LogP contribution in [0, 0.1) is 12.5 Å². The van der Waals surface area contributed by atoms with Crippen LogP contribution < -0.4 is 0 Å². The Labute approximate surface area is 106 Å². The molecule has 0 fully saturated rings. The van der Waals surface area contributed by atoms with Crippen LogP contribution in [0.15, 0.2) is 23.3 Å². The van der Waals surface area contributed by atoms with E-state index in [1.165, 1.54) is 24.0 Å². The quantitative estimate of drug-likeness (QED) is 0.465. The van der Waals surface area contributed by atoms with Gasteiger partial charge in [0.2, 0.25) is 5.54 Å². The first-order valence-corrected chi connectivity index (χ1v) is 6.65. The van der Waals surface area contributed by atoms with E-state index in [9.17, 15) is 0 Å². The molecule has 0 saturated carbocycles. The third-order valence-corrected chi connectivity index (χ3v) is 3.98. The molecule has 0 spiro atoms. The average Bonchev–Trinajstić information content (AvgIpc) is 2.29. The van der Waals surface area contributed by atoms with Crippen LogP contribution in [0.2, 0.25) is 0 Å². The largest absolute Gasteiger partial charge is 0.310 e. The lowest BCUT2D eigenvalue weighted by Gasteiger charge is -2.29. The predicted molar refractivity (Wildman–Crippen MR) is 74.8 cm³/mol. The van der Waals surface area contributed by atoms with E-state index in [1.807, 2.05) is 0 Å². The zero-order valence-corrected chi connectivity index (χ0v) is 11.7. The summed E-state index contributed by atoms with van der Waals surface area (Å²) < 4.78 is 0. The average molecular weight is 231 g/mol. The van der Waals surface area contributed by atoms with Crippen molar-refractivity contribution < 1.29 is 0 Å². The van der Waals surface area contributed by atoms with Crippen molar-refractivity contribution in [2.24, 2.45) is 5.92 Å². The van der Waals surface area contributed by atoms with Gasteiger partial charge in [0.05, 0.1) is 0 Å². The number of nitrogens with zero attached hydrogens (tertiary/aromatic N) is 1. The second kappa shape index (κ2) is 6.05. The lowest BCUT2D eigenvalue weighted by Crippen LogP contribution is -2.32. The van der Waals surface area contributed by atoms with E-state index in [0.717, 1.165) is 19.3 Å². The Hall–Kier alpha value is -1.03. The van der Waals surface area contributed by atoms with E-state index in [2.05, 4.69) is 44.7 Å². The van der Waals surface area contributed by atoms with Crippen LogP contribution in [0.3, 0.4) is 0 Å². The molecule has 0 N–H and O–H groups in total. The number of hydrogen-bond acceptors (Lipinski definition) is 0. The fourth-order valence-electron chi connectivity index (χ4n) is 2.53. The first-order chi connectivity index (χ1) is 7.98. The molecule has 0 aromatic heterocycles. The highest BCUT2D eigenvalue weighted by molar-refractivity contribution is 5.11. The Kier molecular flexibility index (Phi) is 5.00. The van der Waals surface area contributed by atoms with Gasteiger partial charge in [-0.2, -0.15) is 0 Å². The molecule has 2 atom stereocenters. The Morgan fingerprint density at radius 1 is 1.59 bits per heavy atom. The van der Waals surface area contributed by atoms with Crippen molar-refractivity contribution in [3.05, 3.63) is 34.7 Å². The Morgan fingerprint density at radius 3 is 2.76 bits per heavy atom. The van der Waals surface area contributed by atoms with E-state index < -0.39 is 0 Å². The molecule has 0 amide bonds. The minimum absolute atomic E-state index is 0.164. The summed E-state index contributed by atoms with van der Waals surface area (Å²) in [7, 11) is 0. The van der Waals surface area contributed by atoms with Gasteiger partial charge < -0.3 is 4.85 Å². The SMILES string of the molecule is [C-]#[N+][C@@](C)(CCC=C(C)C)[C@H]1CC=C(C)CC1. The minimum atomic E-state index is -0.164. The zero-order chi connectivity index (χ0) is 12.9. The predicted octanol–water partition coefficient (Wildman–Crippen LogP) is 5.16. The normalized spacial score (nSPS) is 23.2. The van der Waals surface area contributed by atoms with Crippen molar-refractivity contribution in [3.63, 3.8) is 0 Å². The summed E-state index contributed by atoms with van der Waals surface area (Å²) in [6, 6.07) is 0. The molecule has 0 aliphatic heterocycles. The number of hydrogen-bond donors (Lipinski definition) is 0. The molecular formula is C16H25N. The third kappa shape index (κ3) is 4.04. The summed E-state index contributed by atoms with van der Waals surface area (Å²) >= 11 is 0. The van der Waals surface area contributed by atoms with Crippen LogP contribution in [0.4, 0.5) is 0 Å². The second-order valence-corrected chi connectivity index (χ2v) is 5.81. The maximum Gasteiger partial charge on any atom is 0.233 e. The van der Waals surface area contributed by atoms with Crippen molar-refractivity contribution in [2.45, 2.75) is 65.3 Å². The van der Waals surface area contributed by atoms with E-state index in [4.69, 9.17) is 6.57 Å². The van der Waals surface area contributed by atoms with Gasteiger partial charge in [0.25, 0.3) is 0 Å². The lowest BCUT2D eigenvalue weighted by atomic mass is 9.74. The van der Waals surface area contributed by atoms with E-state index in [1.54, 1.807) is 0 Å². The monoisotopic (exact) mass is 231 g/mol. The van der Waals surface area contributed by atoms with Crippen LogP contribution in [-0.4, -0.2) is 5.54 Å². The van der Waals surface area contributed by atoms with Crippen LogP contribution in [0.5, 0.6) is 0 Å². The first-order valence-electron chi connectivity index (χ1n) is 6.65. The third-order valence-electron chi connectivity index (χ3n) is 3.98. The molecule has 1 nitrogen and oxygen atoms in total. The first kappa shape index (κ1) is 14.0. The summed E-state index contributed by atoms with van der Waals surface area (Å²) in [6.45, 7) is 16.1. The topological polar surface area (TPSA) is 4.36 Å². The van der Waals surface area contributed by atoms with Gasteiger partial charge in [-0.25, -0.2) is 6.57 Å². The molecule has 0 radical (unpaired) electrons. The molecular weight excluding hydrogens is 206 g/mol. The summed E-state index contributed by atoms with van der Waals surface area (Å²) in [5, 5.41) is 0. The molecule has 0 aromatic carbocycles. The van der Waals surface area contributed by atoms with Gasteiger partial charge in [-0.15, -0.1) is 0 Å². The summed E-state index contributed by atoms with van der Waals surface area (Å²) in [5.74, 6) is 0.550. The maximum atomic E-state index is 7.51. The Morgan fingerprint density at radius 2 is 2.29 bits per heavy atom. The van der Waals surface area contributed by atoms with Crippen molar-refractivity contribution in [1.82, 2.24) is 0 Å². The summed E-state index contributed by atoms with van der Waals surface area (Å²) in [4.78, 5) is 3.96. The summed E-state index contributed by atoms with van der Waals surface area (Å²) in [5.41, 5.74) is 2.69. The van der Waals surface area contributed by atoms with Gasteiger partial charge in [0.15, 0.2) is 0 Å². The van der Waals surface area contributed by atoms with Gasteiger partial charge in [0.1, 0.15) is 0 Å². The highest BCUT2D eigenvalue weighted by Gasteiger charge is 2.39. The molecule has 0 saturated heterocycles. The molecule has 0 aromatic rings. The van der Waals surface area contributed by atoms with Crippen molar-refractivity contribution in [3.8, 4) is 0 Å². The van der Waals surface area contributed by atoms with Crippen molar-refractivity contribution in [1.29, 1.82) is 0 Å². The van der Waals surface area contributed by atoms with Crippen molar-refractivity contribution >= 4 is 0 Å². The van der Waals surface area contributed by atoms with Gasteiger partial charge in [0, 0.05) is 19.3 Å². The van der Waals surface area contributed by atoms with Crippen LogP contribution in [0.25, 0.3) is 4.85 Å². The van der Waals surface area contributed by atoms with Crippen molar-refractivity contribution in [2.75, 3.05) is 0 Å². The number of allylic oxidation sites excluding steroid dienone is 4. The van der Waals surface area contributed by atoms with Gasteiger partial charge in [-0.3, -0.25) is 0 Å². The van der Waals surface area contributed by atoms with Gasteiger partial charge in [-0.05, 0) is 46.5 Å².